The molecule has 1 aliphatic carbocycles. The Labute approximate surface area is 212 Å². The Bertz CT molecular complexity index is 1260. The molecule has 0 spiro atoms. The first-order valence-electron chi connectivity index (χ1n) is 12.9. The van der Waals surface area contributed by atoms with Crippen molar-refractivity contribution in [2.45, 2.75) is 70.1 Å². The van der Waals surface area contributed by atoms with Crippen LogP contribution in [-0.4, -0.2) is 47.1 Å². The van der Waals surface area contributed by atoms with Crippen LogP contribution in [0.15, 0.2) is 48.5 Å². The van der Waals surface area contributed by atoms with Crippen LogP contribution in [0.5, 0.6) is 11.5 Å². The van der Waals surface area contributed by atoms with Crippen LogP contribution in [0.4, 0.5) is 0 Å². The maximum Gasteiger partial charge on any atom is 0.271 e. The molecule has 1 fully saturated rings. The summed E-state index contributed by atoms with van der Waals surface area (Å²) in [5.74, 6) is 1.03. The summed E-state index contributed by atoms with van der Waals surface area (Å²) in [5, 5.41) is 4.12. The van der Waals surface area contributed by atoms with Crippen molar-refractivity contribution < 1.29 is 19.1 Å². The standard InChI is InChI=1S/C29H35N3O4/c1-29(28(34)30-21-13-9-4-5-10-14-21)19-31-23(27(33)32(29)18-20-11-7-6-8-12-20)17-22-24(35-2)15-16-25(36-3)26(22)31/h6-8,11-12,15-17,21H,4-5,9-10,13-14,18-19H2,1-3H3,(H,30,34)/t29-/m0/s1. The van der Waals surface area contributed by atoms with E-state index in [4.69, 9.17) is 9.47 Å². The van der Waals surface area contributed by atoms with Gasteiger partial charge in [-0.2, -0.15) is 0 Å². The Kier molecular flexibility index (Phi) is 6.65. The summed E-state index contributed by atoms with van der Waals surface area (Å²) < 4.78 is 13.2. The number of rotatable bonds is 6. The molecule has 7 nitrogen and oxygen atoms in total. The van der Waals surface area contributed by atoms with Gasteiger partial charge < -0.3 is 24.3 Å². The SMILES string of the molecule is COc1ccc(OC)c2c1cc1n2C[C@@](C)(C(=O)NC2CCCCCC2)N(Cc2ccccc2)C1=O. The first-order chi connectivity index (χ1) is 17.5. The molecule has 0 bridgehead atoms. The van der Waals surface area contributed by atoms with Gasteiger partial charge >= 0.3 is 0 Å². The van der Waals surface area contributed by atoms with E-state index in [2.05, 4.69) is 5.32 Å². The number of aromatic nitrogens is 1. The third kappa shape index (κ3) is 4.21. The van der Waals surface area contributed by atoms with E-state index in [9.17, 15) is 9.59 Å². The van der Waals surface area contributed by atoms with Crippen LogP contribution in [-0.2, 0) is 17.9 Å². The van der Waals surface area contributed by atoms with Gasteiger partial charge in [0.1, 0.15) is 22.7 Å². The minimum absolute atomic E-state index is 0.104. The fourth-order valence-corrected chi connectivity index (χ4v) is 5.73. The van der Waals surface area contributed by atoms with E-state index in [1.165, 1.54) is 12.8 Å². The van der Waals surface area contributed by atoms with Crippen LogP contribution >= 0.6 is 0 Å². The molecular weight excluding hydrogens is 454 g/mol. The second-order valence-corrected chi connectivity index (χ2v) is 10.2. The second-order valence-electron chi connectivity index (χ2n) is 10.2. The lowest BCUT2D eigenvalue weighted by Crippen LogP contribution is -2.64. The van der Waals surface area contributed by atoms with Crippen LogP contribution in [0, 0.1) is 0 Å². The molecule has 0 saturated heterocycles. The summed E-state index contributed by atoms with van der Waals surface area (Å²) >= 11 is 0. The predicted molar refractivity (Wildman–Crippen MR) is 139 cm³/mol. The lowest BCUT2D eigenvalue weighted by atomic mass is 9.93. The fourth-order valence-electron chi connectivity index (χ4n) is 5.73. The van der Waals surface area contributed by atoms with Gasteiger partial charge in [-0.25, -0.2) is 0 Å². The van der Waals surface area contributed by atoms with Crippen LogP contribution < -0.4 is 14.8 Å². The van der Waals surface area contributed by atoms with Gasteiger partial charge in [0.2, 0.25) is 5.91 Å². The summed E-state index contributed by atoms with van der Waals surface area (Å²) in [6, 6.07) is 15.5. The van der Waals surface area contributed by atoms with Crippen LogP contribution in [0.1, 0.15) is 61.5 Å². The number of amides is 2. The van der Waals surface area contributed by atoms with E-state index in [0.717, 1.165) is 42.1 Å². The van der Waals surface area contributed by atoms with Crippen molar-refractivity contribution in [2.24, 2.45) is 0 Å². The maximum atomic E-state index is 14.1. The van der Waals surface area contributed by atoms with E-state index in [1.54, 1.807) is 19.1 Å². The van der Waals surface area contributed by atoms with Crippen molar-refractivity contribution in [1.82, 2.24) is 14.8 Å². The lowest BCUT2D eigenvalue weighted by Gasteiger charge is -2.44. The molecule has 1 aliphatic heterocycles. The highest BCUT2D eigenvalue weighted by molar-refractivity contribution is 6.05. The Morgan fingerprint density at radius 3 is 2.33 bits per heavy atom. The largest absolute Gasteiger partial charge is 0.496 e. The molecule has 2 aliphatic rings. The molecule has 1 atom stereocenters. The molecule has 36 heavy (non-hydrogen) atoms. The maximum absolute atomic E-state index is 14.1. The van der Waals surface area contributed by atoms with E-state index < -0.39 is 5.54 Å². The average molecular weight is 490 g/mol. The number of benzene rings is 2. The normalized spacial score (nSPS) is 20.6. The van der Waals surface area contributed by atoms with Gasteiger partial charge in [-0.15, -0.1) is 0 Å². The minimum Gasteiger partial charge on any atom is -0.496 e. The van der Waals surface area contributed by atoms with Gasteiger partial charge in [0.15, 0.2) is 0 Å². The Morgan fingerprint density at radius 1 is 1.00 bits per heavy atom. The monoisotopic (exact) mass is 489 g/mol. The highest BCUT2D eigenvalue weighted by atomic mass is 16.5. The summed E-state index contributed by atoms with van der Waals surface area (Å²) in [6.07, 6.45) is 6.63. The van der Waals surface area contributed by atoms with Crippen LogP contribution in [0.2, 0.25) is 0 Å². The molecule has 190 valence electrons. The molecule has 1 aromatic heterocycles. The van der Waals surface area contributed by atoms with Crippen LogP contribution in [0.25, 0.3) is 10.9 Å². The Morgan fingerprint density at radius 2 is 1.67 bits per heavy atom. The fraction of sp³-hybridized carbons (Fsp3) is 0.448. The van der Waals surface area contributed by atoms with E-state index >= 15 is 0 Å². The van der Waals surface area contributed by atoms with Crippen LogP contribution in [0.3, 0.4) is 0 Å². The quantitative estimate of drug-likeness (QED) is 0.499. The third-order valence-corrected chi connectivity index (χ3v) is 7.81. The van der Waals surface area contributed by atoms with Crippen molar-refractivity contribution in [3.63, 3.8) is 0 Å². The molecule has 1 N–H and O–H groups in total. The first-order valence-corrected chi connectivity index (χ1v) is 12.9. The summed E-state index contributed by atoms with van der Waals surface area (Å²) in [7, 11) is 3.23. The third-order valence-electron chi connectivity index (χ3n) is 7.81. The second kappa shape index (κ2) is 9.88. The molecule has 5 rings (SSSR count). The first kappa shape index (κ1) is 24.2. The molecule has 0 radical (unpaired) electrons. The number of ether oxygens (including phenoxy) is 2. The number of fused-ring (bicyclic) bond motifs is 3. The average Bonchev–Trinajstić information content (AvgIpc) is 3.08. The smallest absolute Gasteiger partial charge is 0.271 e. The number of hydrogen-bond donors (Lipinski definition) is 1. The van der Waals surface area contributed by atoms with Gasteiger partial charge in [0.05, 0.1) is 26.3 Å². The zero-order chi connectivity index (χ0) is 25.3. The molecule has 2 heterocycles. The molecule has 2 amide bonds. The number of nitrogens with zero attached hydrogens (tertiary/aromatic N) is 2. The van der Waals surface area contributed by atoms with E-state index in [1.807, 2.05) is 60.0 Å². The molecule has 3 aromatic rings. The molecule has 2 aromatic carbocycles. The number of carbonyl (C=O) groups excluding carboxylic acids is 2. The predicted octanol–water partition coefficient (Wildman–Crippen LogP) is 4.91. The van der Waals surface area contributed by atoms with Crippen molar-refractivity contribution >= 4 is 22.7 Å². The van der Waals surface area contributed by atoms with E-state index in [0.29, 0.717) is 30.3 Å². The van der Waals surface area contributed by atoms with Crippen molar-refractivity contribution in [1.29, 1.82) is 0 Å². The Balaban J connectivity index is 1.60. The van der Waals surface area contributed by atoms with Crippen molar-refractivity contribution in [3.05, 3.63) is 59.8 Å². The zero-order valence-electron chi connectivity index (χ0n) is 21.4. The molecular formula is C29H35N3O4. The summed E-state index contributed by atoms with van der Waals surface area (Å²) in [6.45, 7) is 2.57. The molecule has 0 unspecified atom stereocenters. The number of hydrogen-bond acceptors (Lipinski definition) is 4. The zero-order valence-corrected chi connectivity index (χ0v) is 21.4. The van der Waals surface area contributed by atoms with Gasteiger partial charge in [0.25, 0.3) is 5.91 Å². The Hall–Kier alpha value is -3.48. The topological polar surface area (TPSA) is 72.8 Å². The highest BCUT2D eigenvalue weighted by Gasteiger charge is 2.48. The molecule has 1 saturated carbocycles. The van der Waals surface area contributed by atoms with Crippen molar-refractivity contribution in [2.75, 3.05) is 14.2 Å². The highest BCUT2D eigenvalue weighted by Crippen LogP contribution is 2.40. The molecule has 7 heteroatoms. The van der Waals surface area contributed by atoms with Gasteiger partial charge in [-0.3, -0.25) is 9.59 Å². The van der Waals surface area contributed by atoms with E-state index in [-0.39, 0.29) is 17.9 Å². The summed E-state index contributed by atoms with van der Waals surface area (Å²) in [4.78, 5) is 29.9. The van der Waals surface area contributed by atoms with Gasteiger partial charge in [-0.05, 0) is 43.5 Å². The lowest BCUT2D eigenvalue weighted by molar-refractivity contribution is -0.134. The van der Waals surface area contributed by atoms with Crippen molar-refractivity contribution in [3.8, 4) is 11.5 Å². The van der Waals surface area contributed by atoms with Gasteiger partial charge in [0, 0.05) is 18.0 Å². The number of nitrogens with one attached hydrogen (secondary N) is 1. The summed E-state index contributed by atoms with van der Waals surface area (Å²) in [5.41, 5.74) is 1.21. The minimum atomic E-state index is -1.08. The number of carbonyl (C=O) groups is 2. The van der Waals surface area contributed by atoms with Gasteiger partial charge in [-0.1, -0.05) is 56.0 Å². The number of methoxy groups -OCH3 is 2.